The highest BCUT2D eigenvalue weighted by molar-refractivity contribution is 5.82. The second-order valence-electron chi connectivity index (χ2n) is 6.06. The molecule has 0 aromatic rings. The summed E-state index contributed by atoms with van der Waals surface area (Å²) in [6.45, 7) is 6.63. The highest BCUT2D eigenvalue weighted by atomic mass is 16.6. The molecule has 1 aliphatic rings. The van der Waals surface area contributed by atoms with Gasteiger partial charge in [0.05, 0.1) is 0 Å². The summed E-state index contributed by atoms with van der Waals surface area (Å²) < 4.78 is 5.32. The number of carbonyl (C=O) groups is 2. The molecule has 0 aromatic carbocycles. The molecule has 19 heavy (non-hydrogen) atoms. The van der Waals surface area contributed by atoms with Crippen molar-refractivity contribution in [3.8, 4) is 0 Å². The molecule has 110 valence electrons. The molecule has 1 amide bonds. The fourth-order valence-corrected chi connectivity index (χ4v) is 2.19. The van der Waals surface area contributed by atoms with E-state index >= 15 is 0 Å². The van der Waals surface area contributed by atoms with Crippen molar-refractivity contribution in [2.24, 2.45) is 5.92 Å². The van der Waals surface area contributed by atoms with Crippen molar-refractivity contribution in [3.05, 3.63) is 0 Å². The largest absolute Gasteiger partial charge is 0.444 e. The predicted molar refractivity (Wildman–Crippen MR) is 71.9 cm³/mol. The van der Waals surface area contributed by atoms with Gasteiger partial charge in [-0.1, -0.05) is 0 Å². The molecule has 1 heterocycles. The van der Waals surface area contributed by atoms with Gasteiger partial charge in [-0.3, -0.25) is 4.79 Å². The van der Waals surface area contributed by atoms with E-state index in [0.29, 0.717) is 25.9 Å². The van der Waals surface area contributed by atoms with Crippen molar-refractivity contribution in [3.63, 3.8) is 0 Å². The van der Waals surface area contributed by atoms with E-state index in [1.807, 2.05) is 20.8 Å². The van der Waals surface area contributed by atoms with Crippen LogP contribution < -0.4 is 0 Å². The van der Waals surface area contributed by atoms with Crippen LogP contribution in [0.4, 0.5) is 4.79 Å². The van der Waals surface area contributed by atoms with Crippen LogP contribution in [0.3, 0.4) is 0 Å². The number of nitrogens with zero attached hydrogens (tertiary/aromatic N) is 1. The Kier molecular flexibility index (Phi) is 5.79. The van der Waals surface area contributed by atoms with Gasteiger partial charge in [0.1, 0.15) is 11.4 Å². The summed E-state index contributed by atoms with van der Waals surface area (Å²) in [6, 6.07) is 0. The second-order valence-corrected chi connectivity index (χ2v) is 6.06. The van der Waals surface area contributed by atoms with Gasteiger partial charge in [-0.25, -0.2) is 4.79 Å². The predicted octanol–water partition coefficient (Wildman–Crippen LogP) is 1.98. The van der Waals surface area contributed by atoms with Gasteiger partial charge in [-0.15, -0.1) is 0 Å². The van der Waals surface area contributed by atoms with Gasteiger partial charge in [0.2, 0.25) is 0 Å². The molecule has 5 nitrogen and oxygen atoms in total. The summed E-state index contributed by atoms with van der Waals surface area (Å²) in [5, 5.41) is 8.74. The summed E-state index contributed by atoms with van der Waals surface area (Å²) in [4.78, 5) is 25.5. The van der Waals surface area contributed by atoms with E-state index in [4.69, 9.17) is 9.84 Å². The third-order valence-corrected chi connectivity index (χ3v) is 3.11. The van der Waals surface area contributed by atoms with Crippen molar-refractivity contribution in [1.82, 2.24) is 4.90 Å². The van der Waals surface area contributed by atoms with Gasteiger partial charge in [0, 0.05) is 32.0 Å². The van der Waals surface area contributed by atoms with Gasteiger partial charge in [-0.2, -0.15) is 0 Å². The summed E-state index contributed by atoms with van der Waals surface area (Å²) in [7, 11) is 0. The Morgan fingerprint density at radius 3 is 2.63 bits per heavy atom. The van der Waals surface area contributed by atoms with E-state index in [1.165, 1.54) is 0 Å². The first-order valence-electron chi connectivity index (χ1n) is 6.95. The zero-order valence-electron chi connectivity index (χ0n) is 12.1. The molecule has 1 saturated heterocycles. The van der Waals surface area contributed by atoms with E-state index in [1.54, 1.807) is 4.90 Å². The third kappa shape index (κ3) is 5.59. The number of Topliss-reactive ketones (excluding diaryl/α,β-unsaturated/α-hetero) is 1. The first-order valence-corrected chi connectivity index (χ1v) is 6.95. The van der Waals surface area contributed by atoms with E-state index in [2.05, 4.69) is 0 Å². The normalized spacial score (nSPS) is 20.2. The molecule has 1 unspecified atom stereocenters. The van der Waals surface area contributed by atoms with Gasteiger partial charge in [0.15, 0.2) is 0 Å². The Labute approximate surface area is 114 Å². The molecule has 0 radical (unpaired) electrons. The number of piperidine rings is 1. The molecule has 5 heteroatoms. The summed E-state index contributed by atoms with van der Waals surface area (Å²) >= 11 is 0. The van der Waals surface area contributed by atoms with Crippen LogP contribution in [0.25, 0.3) is 0 Å². The Morgan fingerprint density at radius 2 is 2.05 bits per heavy atom. The second kappa shape index (κ2) is 6.89. The molecular weight excluding hydrogens is 246 g/mol. The quantitative estimate of drug-likeness (QED) is 0.849. The molecule has 0 saturated carbocycles. The highest BCUT2D eigenvalue weighted by Crippen LogP contribution is 2.21. The molecule has 1 aliphatic heterocycles. The van der Waals surface area contributed by atoms with Crippen molar-refractivity contribution < 1.29 is 19.4 Å². The number of ketones is 1. The minimum Gasteiger partial charge on any atom is -0.444 e. The maximum Gasteiger partial charge on any atom is 0.410 e. The van der Waals surface area contributed by atoms with E-state index in [9.17, 15) is 9.59 Å². The lowest BCUT2D eigenvalue weighted by Gasteiger charge is -2.33. The van der Waals surface area contributed by atoms with Gasteiger partial charge >= 0.3 is 6.09 Å². The van der Waals surface area contributed by atoms with Crippen LogP contribution in [0.15, 0.2) is 0 Å². The molecule has 1 atom stereocenters. The molecule has 0 aromatic heterocycles. The van der Waals surface area contributed by atoms with Crippen molar-refractivity contribution in [1.29, 1.82) is 0 Å². The smallest absolute Gasteiger partial charge is 0.410 e. The lowest BCUT2D eigenvalue weighted by atomic mass is 9.92. The SMILES string of the molecule is CC(C)(C)OC(=O)N1CCCC(C(=O)CCCO)C1. The van der Waals surface area contributed by atoms with E-state index < -0.39 is 5.60 Å². The van der Waals surface area contributed by atoms with Crippen molar-refractivity contribution in [2.75, 3.05) is 19.7 Å². The van der Waals surface area contributed by atoms with Gasteiger partial charge < -0.3 is 14.7 Å². The summed E-state index contributed by atoms with van der Waals surface area (Å²) in [5.74, 6) is 0.0372. The monoisotopic (exact) mass is 271 g/mol. The van der Waals surface area contributed by atoms with Gasteiger partial charge in [-0.05, 0) is 40.0 Å². The standard InChI is InChI=1S/C14H25NO4/c1-14(2,3)19-13(18)15-8-4-6-11(10-15)12(17)7-5-9-16/h11,16H,4-10H2,1-3H3. The topological polar surface area (TPSA) is 66.8 Å². The van der Waals surface area contributed by atoms with Crippen molar-refractivity contribution >= 4 is 11.9 Å². The number of hydrogen-bond acceptors (Lipinski definition) is 4. The lowest BCUT2D eigenvalue weighted by molar-refractivity contribution is -0.124. The summed E-state index contributed by atoms with van der Waals surface area (Å²) in [5.41, 5.74) is -0.509. The molecule has 0 bridgehead atoms. The maximum absolute atomic E-state index is 11.9. The van der Waals surface area contributed by atoms with Crippen molar-refractivity contribution in [2.45, 2.75) is 52.1 Å². The number of rotatable bonds is 4. The third-order valence-electron chi connectivity index (χ3n) is 3.11. The molecule has 1 N–H and O–H groups in total. The van der Waals surface area contributed by atoms with Crippen LogP contribution in [-0.4, -0.2) is 47.2 Å². The molecule has 0 aliphatic carbocycles. The molecular formula is C14H25NO4. The van der Waals surface area contributed by atoms with Crippen LogP contribution in [0.5, 0.6) is 0 Å². The molecule has 1 rings (SSSR count). The average Bonchev–Trinajstić information content (AvgIpc) is 2.34. The zero-order valence-corrected chi connectivity index (χ0v) is 12.1. The van der Waals surface area contributed by atoms with Crippen LogP contribution in [0.2, 0.25) is 0 Å². The first kappa shape index (κ1) is 16.0. The number of aliphatic hydroxyl groups is 1. The van der Waals surface area contributed by atoms with Crippen LogP contribution in [0, 0.1) is 5.92 Å². The number of likely N-dealkylation sites (tertiary alicyclic amines) is 1. The maximum atomic E-state index is 11.9. The number of ether oxygens (including phenoxy) is 1. The minimum atomic E-state index is -0.509. The molecule has 0 spiro atoms. The zero-order chi connectivity index (χ0) is 14.5. The lowest BCUT2D eigenvalue weighted by Crippen LogP contribution is -2.44. The van der Waals surface area contributed by atoms with Gasteiger partial charge in [0.25, 0.3) is 0 Å². The number of carbonyl (C=O) groups excluding carboxylic acids is 2. The first-order chi connectivity index (χ1) is 8.83. The summed E-state index contributed by atoms with van der Waals surface area (Å²) in [6.07, 6.45) is 2.20. The number of hydrogen-bond donors (Lipinski definition) is 1. The fraction of sp³-hybridized carbons (Fsp3) is 0.857. The van der Waals surface area contributed by atoms with E-state index in [-0.39, 0.29) is 24.4 Å². The minimum absolute atomic E-state index is 0.0360. The average molecular weight is 271 g/mol. The fourth-order valence-electron chi connectivity index (χ4n) is 2.19. The highest BCUT2D eigenvalue weighted by Gasteiger charge is 2.30. The van der Waals surface area contributed by atoms with Crippen LogP contribution in [0.1, 0.15) is 46.5 Å². The Hall–Kier alpha value is -1.10. The Morgan fingerprint density at radius 1 is 1.37 bits per heavy atom. The Balaban J connectivity index is 2.50. The Bertz CT molecular complexity index is 322. The molecule has 1 fully saturated rings. The van der Waals surface area contributed by atoms with E-state index in [0.717, 1.165) is 12.8 Å². The number of amides is 1. The van der Waals surface area contributed by atoms with Crippen LogP contribution >= 0.6 is 0 Å². The van der Waals surface area contributed by atoms with Crippen LogP contribution in [-0.2, 0) is 9.53 Å². The number of aliphatic hydroxyl groups excluding tert-OH is 1.